The van der Waals surface area contributed by atoms with Gasteiger partial charge in [0.15, 0.2) is 0 Å². The van der Waals surface area contributed by atoms with E-state index in [0.29, 0.717) is 17.7 Å². The number of hydrazine groups is 1. The number of carbonyl (C=O) groups is 3. The van der Waals surface area contributed by atoms with Crippen LogP contribution in [0.5, 0.6) is 0 Å². The number of fused-ring (bicyclic) bond motifs is 1. The van der Waals surface area contributed by atoms with Gasteiger partial charge in [0.1, 0.15) is 5.82 Å². The highest BCUT2D eigenvalue weighted by atomic mass is 19.1. The summed E-state index contributed by atoms with van der Waals surface area (Å²) in [5, 5.41) is 2.59. The second-order valence-electron chi connectivity index (χ2n) is 9.67. The third-order valence-corrected chi connectivity index (χ3v) is 7.40. The average molecular weight is 399 g/mol. The molecular formula is C22H26FN3O3. The third-order valence-electron chi connectivity index (χ3n) is 7.40. The highest BCUT2D eigenvalue weighted by Gasteiger charge is 2.51. The van der Waals surface area contributed by atoms with Crippen molar-refractivity contribution in [2.24, 2.45) is 23.2 Å². The predicted molar refractivity (Wildman–Crippen MR) is 104 cm³/mol. The highest BCUT2D eigenvalue weighted by molar-refractivity contribution is 6.01. The maximum atomic E-state index is 13.5. The number of halogens is 1. The summed E-state index contributed by atoms with van der Waals surface area (Å²) in [5.41, 5.74) is 6.02. The van der Waals surface area contributed by atoms with Gasteiger partial charge < -0.3 is 5.32 Å². The Morgan fingerprint density at radius 1 is 1.07 bits per heavy atom. The monoisotopic (exact) mass is 399 g/mol. The van der Waals surface area contributed by atoms with E-state index in [-0.39, 0.29) is 23.7 Å². The van der Waals surface area contributed by atoms with Gasteiger partial charge in [0, 0.05) is 18.5 Å². The summed E-state index contributed by atoms with van der Waals surface area (Å²) < 4.78 is 13.5. The Labute approximate surface area is 169 Å². The van der Waals surface area contributed by atoms with Crippen LogP contribution in [0, 0.1) is 29.0 Å². The van der Waals surface area contributed by atoms with Crippen molar-refractivity contribution in [2.45, 2.75) is 57.3 Å². The number of benzene rings is 1. The zero-order chi connectivity index (χ0) is 20.2. The molecule has 0 spiro atoms. The molecule has 1 unspecified atom stereocenters. The van der Waals surface area contributed by atoms with E-state index >= 15 is 0 Å². The van der Waals surface area contributed by atoms with Gasteiger partial charge in [-0.05, 0) is 79.4 Å². The van der Waals surface area contributed by atoms with Gasteiger partial charge in [-0.3, -0.25) is 25.2 Å². The molecular weight excluding hydrogens is 373 g/mol. The topological polar surface area (TPSA) is 87.3 Å². The van der Waals surface area contributed by atoms with Crippen molar-refractivity contribution in [2.75, 3.05) is 5.32 Å². The van der Waals surface area contributed by atoms with E-state index in [4.69, 9.17) is 0 Å². The summed E-state index contributed by atoms with van der Waals surface area (Å²) in [6.45, 7) is 0. The fourth-order valence-electron chi connectivity index (χ4n) is 6.78. The van der Waals surface area contributed by atoms with Gasteiger partial charge in [-0.15, -0.1) is 0 Å². The van der Waals surface area contributed by atoms with Gasteiger partial charge in [-0.1, -0.05) is 6.07 Å². The van der Waals surface area contributed by atoms with Gasteiger partial charge in [0.2, 0.25) is 17.7 Å². The molecule has 7 heteroatoms. The van der Waals surface area contributed by atoms with Crippen molar-refractivity contribution in [1.29, 1.82) is 0 Å². The molecule has 154 valence electrons. The zero-order valence-electron chi connectivity index (χ0n) is 16.3. The van der Waals surface area contributed by atoms with Gasteiger partial charge in [0.05, 0.1) is 5.92 Å². The van der Waals surface area contributed by atoms with Crippen LogP contribution in [0.2, 0.25) is 0 Å². The summed E-state index contributed by atoms with van der Waals surface area (Å²) in [6.07, 6.45) is 7.76. The maximum Gasteiger partial charge on any atom is 0.246 e. The first kappa shape index (κ1) is 18.6. The summed E-state index contributed by atoms with van der Waals surface area (Å²) >= 11 is 0. The lowest BCUT2D eigenvalue weighted by Crippen LogP contribution is -2.50. The summed E-state index contributed by atoms with van der Waals surface area (Å²) in [7, 11) is 0. The summed E-state index contributed by atoms with van der Waals surface area (Å²) in [6, 6.07) is 3.98. The van der Waals surface area contributed by atoms with Crippen LogP contribution in [0.1, 0.15) is 62.8 Å². The molecule has 4 saturated carbocycles. The Kier molecular flexibility index (Phi) is 4.37. The minimum Gasteiger partial charge on any atom is -0.326 e. The number of hydrogen-bond acceptors (Lipinski definition) is 3. The molecule has 6 nitrogen and oxygen atoms in total. The Morgan fingerprint density at radius 3 is 2.38 bits per heavy atom. The Morgan fingerprint density at radius 2 is 1.72 bits per heavy atom. The van der Waals surface area contributed by atoms with E-state index in [1.807, 2.05) is 0 Å². The maximum absolute atomic E-state index is 13.5. The molecule has 4 aliphatic carbocycles. The molecule has 3 N–H and O–H groups in total. The summed E-state index contributed by atoms with van der Waals surface area (Å²) in [4.78, 5) is 37.2. The first-order chi connectivity index (χ1) is 13.9. The van der Waals surface area contributed by atoms with Crippen LogP contribution >= 0.6 is 0 Å². The molecule has 1 aromatic rings. The molecule has 0 radical (unpaired) electrons. The van der Waals surface area contributed by atoms with Crippen molar-refractivity contribution >= 4 is 23.4 Å². The molecule has 0 saturated heterocycles. The van der Waals surface area contributed by atoms with Crippen LogP contribution in [0.25, 0.3) is 0 Å². The molecule has 1 aromatic carbocycles. The molecule has 1 atom stereocenters. The van der Waals surface area contributed by atoms with E-state index in [1.54, 1.807) is 0 Å². The number of amides is 3. The van der Waals surface area contributed by atoms with Crippen LogP contribution in [0.4, 0.5) is 10.1 Å². The standard InChI is InChI=1S/C22H26FN3O3/c23-15-1-2-16-17(7-19(27)24-18(16)6-15)21(29)26-25-20(28)11-22-8-12-3-13(9-22)5-14(4-12)10-22/h1-2,6,12-14,17H,3-5,7-11H2,(H,24,27)(H,25,28)(H,26,29). The Bertz CT molecular complexity index is 849. The van der Waals surface area contributed by atoms with Crippen molar-refractivity contribution < 1.29 is 18.8 Å². The van der Waals surface area contributed by atoms with Gasteiger partial charge in [-0.2, -0.15) is 0 Å². The summed E-state index contributed by atoms with van der Waals surface area (Å²) in [5.74, 6) is 0.103. The Balaban J connectivity index is 1.21. The molecule has 4 bridgehead atoms. The van der Waals surface area contributed by atoms with E-state index in [2.05, 4.69) is 16.2 Å². The molecule has 29 heavy (non-hydrogen) atoms. The van der Waals surface area contributed by atoms with E-state index < -0.39 is 17.6 Å². The zero-order valence-corrected chi connectivity index (χ0v) is 16.3. The first-order valence-electron chi connectivity index (χ1n) is 10.6. The fourth-order valence-corrected chi connectivity index (χ4v) is 6.78. The van der Waals surface area contributed by atoms with Crippen molar-refractivity contribution in [3.8, 4) is 0 Å². The molecule has 1 heterocycles. The lowest BCUT2D eigenvalue weighted by Gasteiger charge is -2.56. The van der Waals surface area contributed by atoms with Gasteiger partial charge in [-0.25, -0.2) is 4.39 Å². The minimum absolute atomic E-state index is 0.0324. The second-order valence-corrected chi connectivity index (χ2v) is 9.67. The molecule has 0 aromatic heterocycles. The quantitative estimate of drug-likeness (QED) is 0.683. The van der Waals surface area contributed by atoms with Crippen LogP contribution in [-0.2, 0) is 14.4 Å². The minimum atomic E-state index is -0.751. The smallest absolute Gasteiger partial charge is 0.246 e. The molecule has 6 rings (SSSR count). The number of carbonyl (C=O) groups excluding carboxylic acids is 3. The number of rotatable bonds is 3. The predicted octanol–water partition coefficient (Wildman–Crippen LogP) is 3.01. The number of anilines is 1. The molecule has 3 amide bonds. The first-order valence-corrected chi connectivity index (χ1v) is 10.6. The lowest BCUT2D eigenvalue weighted by atomic mass is 9.49. The third kappa shape index (κ3) is 3.51. The SMILES string of the molecule is O=C(CC12CC3CC(CC(C3)C1)C2)NNC(=O)C1CC(=O)Nc2cc(F)ccc21. The van der Waals surface area contributed by atoms with Crippen molar-refractivity contribution in [1.82, 2.24) is 10.9 Å². The largest absolute Gasteiger partial charge is 0.326 e. The van der Waals surface area contributed by atoms with Gasteiger partial charge >= 0.3 is 0 Å². The molecule has 4 fully saturated rings. The molecule has 1 aliphatic heterocycles. The van der Waals surface area contributed by atoms with E-state index in [0.717, 1.165) is 37.0 Å². The van der Waals surface area contributed by atoms with Crippen LogP contribution in [-0.4, -0.2) is 17.7 Å². The van der Waals surface area contributed by atoms with Gasteiger partial charge in [0.25, 0.3) is 0 Å². The molecule has 5 aliphatic rings. The Hall–Kier alpha value is -2.44. The lowest BCUT2D eigenvalue weighted by molar-refractivity contribution is -0.135. The van der Waals surface area contributed by atoms with Crippen LogP contribution in [0.3, 0.4) is 0 Å². The average Bonchev–Trinajstić information content (AvgIpc) is 2.63. The van der Waals surface area contributed by atoms with E-state index in [9.17, 15) is 18.8 Å². The van der Waals surface area contributed by atoms with Crippen LogP contribution in [0.15, 0.2) is 18.2 Å². The fraction of sp³-hybridized carbons (Fsp3) is 0.591. The van der Waals surface area contributed by atoms with Crippen molar-refractivity contribution in [3.05, 3.63) is 29.6 Å². The highest BCUT2D eigenvalue weighted by Crippen LogP contribution is 2.61. The second kappa shape index (κ2) is 6.82. The number of hydrogen-bond donors (Lipinski definition) is 3. The normalized spacial score (nSPS) is 34.3. The van der Waals surface area contributed by atoms with Crippen LogP contribution < -0.4 is 16.2 Å². The van der Waals surface area contributed by atoms with E-state index in [1.165, 1.54) is 37.5 Å². The number of nitrogens with one attached hydrogen (secondary N) is 3. The van der Waals surface area contributed by atoms with Crippen molar-refractivity contribution in [3.63, 3.8) is 0 Å².